The molecule has 2 atom stereocenters. The number of amides is 1. The topological polar surface area (TPSA) is 68.5 Å². The Kier molecular flexibility index (Phi) is 4.87. The molecular formula is C14H21N3O2. The number of nitrogens with zero attached hydrogens (tertiary/aromatic N) is 2. The van der Waals surface area contributed by atoms with Crippen LogP contribution in [-0.2, 0) is 16.0 Å². The Morgan fingerprint density at radius 1 is 1.63 bits per heavy atom. The Bertz CT molecular complexity index is 408. The average molecular weight is 263 g/mol. The standard InChI is InChI=1S/C14H21N3O2/c1-11(15)13-10-17(8-9-19-13)14(18)6-5-12-4-2-3-7-16-12/h2-4,7,11,13H,5-6,8-10,15H2,1H3. The number of pyridine rings is 1. The Morgan fingerprint density at radius 3 is 3.16 bits per heavy atom. The lowest BCUT2D eigenvalue weighted by molar-refractivity contribution is -0.139. The summed E-state index contributed by atoms with van der Waals surface area (Å²) in [5.41, 5.74) is 6.77. The zero-order valence-corrected chi connectivity index (χ0v) is 11.3. The van der Waals surface area contributed by atoms with E-state index in [1.807, 2.05) is 30.0 Å². The molecule has 1 saturated heterocycles. The number of aryl methyl sites for hydroxylation is 1. The van der Waals surface area contributed by atoms with Gasteiger partial charge in [0.2, 0.25) is 5.91 Å². The van der Waals surface area contributed by atoms with E-state index in [-0.39, 0.29) is 18.1 Å². The van der Waals surface area contributed by atoms with Gasteiger partial charge in [0.1, 0.15) is 0 Å². The molecule has 2 rings (SSSR count). The molecule has 0 radical (unpaired) electrons. The van der Waals surface area contributed by atoms with Crippen molar-refractivity contribution in [1.29, 1.82) is 0 Å². The number of morpholine rings is 1. The fraction of sp³-hybridized carbons (Fsp3) is 0.571. The monoisotopic (exact) mass is 263 g/mol. The maximum Gasteiger partial charge on any atom is 0.223 e. The van der Waals surface area contributed by atoms with E-state index >= 15 is 0 Å². The number of hydrogen-bond donors (Lipinski definition) is 1. The van der Waals surface area contributed by atoms with Crippen LogP contribution in [0.1, 0.15) is 19.0 Å². The maximum atomic E-state index is 12.1. The third-order valence-electron chi connectivity index (χ3n) is 3.35. The van der Waals surface area contributed by atoms with Crippen molar-refractivity contribution in [2.24, 2.45) is 5.73 Å². The van der Waals surface area contributed by atoms with E-state index in [1.165, 1.54) is 0 Å². The highest BCUT2D eigenvalue weighted by atomic mass is 16.5. The number of aromatic nitrogens is 1. The summed E-state index contributed by atoms with van der Waals surface area (Å²) in [4.78, 5) is 18.2. The molecule has 1 aromatic heterocycles. The molecule has 0 aromatic carbocycles. The van der Waals surface area contributed by atoms with Crippen LogP contribution in [0.3, 0.4) is 0 Å². The highest BCUT2D eigenvalue weighted by Crippen LogP contribution is 2.10. The van der Waals surface area contributed by atoms with Gasteiger partial charge in [-0.3, -0.25) is 9.78 Å². The molecule has 1 amide bonds. The van der Waals surface area contributed by atoms with Crippen molar-refractivity contribution in [2.75, 3.05) is 19.7 Å². The number of carbonyl (C=O) groups is 1. The van der Waals surface area contributed by atoms with E-state index < -0.39 is 0 Å². The van der Waals surface area contributed by atoms with Crippen LogP contribution in [0.2, 0.25) is 0 Å². The van der Waals surface area contributed by atoms with Crippen molar-refractivity contribution in [3.63, 3.8) is 0 Å². The summed E-state index contributed by atoms with van der Waals surface area (Å²) < 4.78 is 5.55. The summed E-state index contributed by atoms with van der Waals surface area (Å²) in [5.74, 6) is 0.152. The van der Waals surface area contributed by atoms with Crippen LogP contribution in [0.25, 0.3) is 0 Å². The third kappa shape index (κ3) is 4.01. The van der Waals surface area contributed by atoms with Gasteiger partial charge in [-0.25, -0.2) is 0 Å². The molecule has 104 valence electrons. The first-order valence-corrected chi connectivity index (χ1v) is 6.71. The van der Waals surface area contributed by atoms with E-state index in [2.05, 4.69) is 4.98 Å². The third-order valence-corrected chi connectivity index (χ3v) is 3.35. The molecule has 2 unspecified atom stereocenters. The Morgan fingerprint density at radius 2 is 2.47 bits per heavy atom. The van der Waals surface area contributed by atoms with Crippen LogP contribution in [0.5, 0.6) is 0 Å². The summed E-state index contributed by atoms with van der Waals surface area (Å²) in [6.45, 7) is 3.73. The van der Waals surface area contributed by atoms with Gasteiger partial charge in [0, 0.05) is 37.4 Å². The highest BCUT2D eigenvalue weighted by molar-refractivity contribution is 5.76. The molecule has 1 aliphatic heterocycles. The van der Waals surface area contributed by atoms with E-state index in [9.17, 15) is 4.79 Å². The van der Waals surface area contributed by atoms with E-state index in [4.69, 9.17) is 10.5 Å². The maximum absolute atomic E-state index is 12.1. The number of ether oxygens (including phenoxy) is 1. The molecule has 1 fully saturated rings. The van der Waals surface area contributed by atoms with Crippen LogP contribution in [-0.4, -0.2) is 47.6 Å². The van der Waals surface area contributed by atoms with Crippen LogP contribution in [0, 0.1) is 0 Å². The quantitative estimate of drug-likeness (QED) is 0.863. The summed E-state index contributed by atoms with van der Waals surface area (Å²) in [6.07, 6.45) is 2.87. The molecule has 5 nitrogen and oxygen atoms in total. The van der Waals surface area contributed by atoms with Crippen LogP contribution in [0.4, 0.5) is 0 Å². The molecule has 2 heterocycles. The Labute approximate surface area is 113 Å². The van der Waals surface area contributed by atoms with Gasteiger partial charge < -0.3 is 15.4 Å². The van der Waals surface area contributed by atoms with Crippen molar-refractivity contribution in [1.82, 2.24) is 9.88 Å². The van der Waals surface area contributed by atoms with Gasteiger partial charge in [-0.1, -0.05) is 6.07 Å². The lowest BCUT2D eigenvalue weighted by Gasteiger charge is -2.34. The summed E-state index contributed by atoms with van der Waals surface area (Å²) in [6, 6.07) is 5.71. The average Bonchev–Trinajstić information content (AvgIpc) is 2.46. The molecule has 0 spiro atoms. The number of hydrogen-bond acceptors (Lipinski definition) is 4. The second-order valence-corrected chi connectivity index (χ2v) is 4.93. The second-order valence-electron chi connectivity index (χ2n) is 4.93. The highest BCUT2D eigenvalue weighted by Gasteiger charge is 2.26. The number of rotatable bonds is 4. The van der Waals surface area contributed by atoms with Crippen molar-refractivity contribution < 1.29 is 9.53 Å². The van der Waals surface area contributed by atoms with Gasteiger partial charge in [0.05, 0.1) is 12.7 Å². The number of carbonyl (C=O) groups excluding carboxylic acids is 1. The first kappa shape index (κ1) is 14.0. The predicted molar refractivity (Wildman–Crippen MR) is 72.5 cm³/mol. The summed E-state index contributed by atoms with van der Waals surface area (Å²) >= 11 is 0. The Balaban J connectivity index is 1.83. The minimum absolute atomic E-state index is 0.0486. The van der Waals surface area contributed by atoms with Gasteiger partial charge >= 0.3 is 0 Å². The van der Waals surface area contributed by atoms with E-state index in [1.54, 1.807) is 6.20 Å². The van der Waals surface area contributed by atoms with Gasteiger partial charge in [-0.2, -0.15) is 0 Å². The molecule has 1 aromatic rings. The second kappa shape index (κ2) is 6.63. The number of nitrogens with two attached hydrogens (primary N) is 1. The Hall–Kier alpha value is -1.46. The molecular weight excluding hydrogens is 242 g/mol. The predicted octanol–water partition coefficient (Wildman–Crippen LogP) is 0.589. The van der Waals surface area contributed by atoms with Crippen molar-refractivity contribution >= 4 is 5.91 Å². The molecule has 2 N–H and O–H groups in total. The minimum Gasteiger partial charge on any atom is -0.373 e. The lowest BCUT2D eigenvalue weighted by atomic mass is 10.1. The van der Waals surface area contributed by atoms with Gasteiger partial charge in [0.15, 0.2) is 0 Å². The molecule has 0 aliphatic carbocycles. The molecule has 1 aliphatic rings. The van der Waals surface area contributed by atoms with Gasteiger partial charge in [0.25, 0.3) is 0 Å². The smallest absolute Gasteiger partial charge is 0.223 e. The summed E-state index contributed by atoms with van der Waals surface area (Å²) in [7, 11) is 0. The fourth-order valence-corrected chi connectivity index (χ4v) is 2.16. The van der Waals surface area contributed by atoms with Gasteiger partial charge in [-0.15, -0.1) is 0 Å². The van der Waals surface area contributed by atoms with E-state index in [0.717, 1.165) is 5.69 Å². The van der Waals surface area contributed by atoms with Crippen LogP contribution in [0.15, 0.2) is 24.4 Å². The largest absolute Gasteiger partial charge is 0.373 e. The minimum atomic E-state index is -0.0496. The van der Waals surface area contributed by atoms with Crippen LogP contribution >= 0.6 is 0 Å². The zero-order valence-electron chi connectivity index (χ0n) is 11.3. The molecule has 5 heteroatoms. The fourth-order valence-electron chi connectivity index (χ4n) is 2.16. The summed E-state index contributed by atoms with van der Waals surface area (Å²) in [5, 5.41) is 0. The molecule has 0 saturated carbocycles. The zero-order chi connectivity index (χ0) is 13.7. The first-order valence-electron chi connectivity index (χ1n) is 6.71. The lowest BCUT2D eigenvalue weighted by Crippen LogP contribution is -2.51. The van der Waals surface area contributed by atoms with Crippen LogP contribution < -0.4 is 5.73 Å². The van der Waals surface area contributed by atoms with Crippen molar-refractivity contribution in [2.45, 2.75) is 31.9 Å². The van der Waals surface area contributed by atoms with Gasteiger partial charge in [-0.05, 0) is 25.5 Å². The van der Waals surface area contributed by atoms with E-state index in [0.29, 0.717) is 32.5 Å². The SMILES string of the molecule is CC(N)C1CN(C(=O)CCc2ccccn2)CCO1. The van der Waals surface area contributed by atoms with Crippen molar-refractivity contribution in [3.8, 4) is 0 Å². The normalized spacial score (nSPS) is 21.2. The first-order chi connectivity index (χ1) is 9.16. The molecule has 0 bridgehead atoms. The molecule has 19 heavy (non-hydrogen) atoms. The van der Waals surface area contributed by atoms with Crippen molar-refractivity contribution in [3.05, 3.63) is 30.1 Å².